The zero-order valence-electron chi connectivity index (χ0n) is 17.1. The third-order valence-corrected chi connectivity index (χ3v) is 7.87. The van der Waals surface area contributed by atoms with Crippen LogP contribution in [0.25, 0.3) is 0 Å². The fourth-order valence-electron chi connectivity index (χ4n) is 6.52. The zero-order valence-corrected chi connectivity index (χ0v) is 17.9. The van der Waals surface area contributed by atoms with Crippen molar-refractivity contribution in [3.63, 3.8) is 0 Å². The molecule has 1 spiro atoms. The Morgan fingerprint density at radius 2 is 1.71 bits per heavy atom. The first kappa shape index (κ1) is 19.0. The van der Waals surface area contributed by atoms with E-state index in [9.17, 15) is 14.4 Å². The molecule has 0 N–H and O–H groups in total. The Bertz CT molecular complexity index is 1150. The van der Waals surface area contributed by atoms with Crippen LogP contribution in [0.15, 0.2) is 48.5 Å². The van der Waals surface area contributed by atoms with Crippen LogP contribution in [0.1, 0.15) is 25.3 Å². The molecule has 31 heavy (non-hydrogen) atoms. The minimum absolute atomic E-state index is 0.0854. The molecule has 3 amide bonds. The number of para-hydroxylation sites is 2. The van der Waals surface area contributed by atoms with E-state index in [2.05, 4.69) is 4.90 Å². The first-order valence-electron chi connectivity index (χ1n) is 10.8. The first-order valence-corrected chi connectivity index (χ1v) is 11.2. The van der Waals surface area contributed by atoms with E-state index in [4.69, 9.17) is 11.6 Å². The molecule has 0 aliphatic carbocycles. The maximum atomic E-state index is 14.0. The van der Waals surface area contributed by atoms with Crippen molar-refractivity contribution in [3.8, 4) is 0 Å². The number of carbonyl (C=O) groups is 3. The Hall–Kier alpha value is -2.70. The Morgan fingerprint density at radius 1 is 1.00 bits per heavy atom. The highest BCUT2D eigenvalue weighted by Crippen LogP contribution is 2.62. The van der Waals surface area contributed by atoms with E-state index in [-0.39, 0.29) is 23.8 Å². The maximum absolute atomic E-state index is 14.0. The summed E-state index contributed by atoms with van der Waals surface area (Å²) in [4.78, 5) is 46.8. The van der Waals surface area contributed by atoms with Crippen molar-refractivity contribution in [2.45, 2.75) is 31.3 Å². The second-order valence-electron chi connectivity index (χ2n) is 8.70. The summed E-state index contributed by atoms with van der Waals surface area (Å²) in [6.07, 6.45) is 1.71. The number of nitrogens with zero attached hydrogens (tertiary/aromatic N) is 3. The summed E-state index contributed by atoms with van der Waals surface area (Å²) < 4.78 is 0. The molecule has 3 saturated heterocycles. The van der Waals surface area contributed by atoms with Crippen molar-refractivity contribution in [3.05, 3.63) is 59.1 Å². The quantitative estimate of drug-likeness (QED) is 0.680. The number of fused-ring (bicyclic) bond motifs is 7. The van der Waals surface area contributed by atoms with E-state index in [1.54, 1.807) is 29.2 Å². The number of hydrogen-bond donors (Lipinski definition) is 0. The normalized spacial score (nSPS) is 31.7. The van der Waals surface area contributed by atoms with Gasteiger partial charge in [-0.05, 0) is 44.5 Å². The summed E-state index contributed by atoms with van der Waals surface area (Å²) in [6, 6.07) is 14.5. The van der Waals surface area contributed by atoms with Gasteiger partial charge in [0.1, 0.15) is 5.54 Å². The fraction of sp³-hybridized carbons (Fsp3) is 0.375. The van der Waals surface area contributed by atoms with E-state index in [1.165, 1.54) is 4.90 Å². The van der Waals surface area contributed by atoms with Gasteiger partial charge >= 0.3 is 0 Å². The van der Waals surface area contributed by atoms with Gasteiger partial charge in [0.05, 0.1) is 22.5 Å². The first-order chi connectivity index (χ1) is 15.0. The molecule has 0 radical (unpaired) electrons. The molecule has 0 aromatic heterocycles. The molecule has 2 aromatic rings. The fourth-order valence-corrected chi connectivity index (χ4v) is 6.75. The highest BCUT2D eigenvalue weighted by atomic mass is 35.5. The van der Waals surface area contributed by atoms with Crippen molar-refractivity contribution >= 4 is 40.7 Å². The molecule has 7 heteroatoms. The van der Waals surface area contributed by atoms with Crippen LogP contribution in [0.3, 0.4) is 0 Å². The van der Waals surface area contributed by atoms with Crippen LogP contribution in [0, 0.1) is 11.8 Å². The lowest BCUT2D eigenvalue weighted by Crippen LogP contribution is -2.56. The van der Waals surface area contributed by atoms with Crippen LogP contribution in [0.5, 0.6) is 0 Å². The smallest absolute Gasteiger partial charge is 0.253 e. The number of carbonyl (C=O) groups excluding carboxylic acids is 3. The molecule has 158 valence electrons. The number of amides is 3. The molecule has 0 unspecified atom stereocenters. The highest BCUT2D eigenvalue weighted by Gasteiger charge is 2.75. The van der Waals surface area contributed by atoms with E-state index >= 15 is 0 Å². The Kier molecular flexibility index (Phi) is 3.93. The molecule has 6 nitrogen and oxygen atoms in total. The highest BCUT2D eigenvalue weighted by molar-refractivity contribution is 6.36. The Morgan fingerprint density at radius 3 is 2.45 bits per heavy atom. The zero-order chi connectivity index (χ0) is 21.5. The van der Waals surface area contributed by atoms with E-state index in [0.717, 1.165) is 24.1 Å². The molecule has 4 aliphatic heterocycles. The van der Waals surface area contributed by atoms with Crippen LogP contribution in [0.2, 0.25) is 5.02 Å². The predicted octanol–water partition coefficient (Wildman–Crippen LogP) is 3.19. The predicted molar refractivity (Wildman–Crippen MR) is 117 cm³/mol. The second kappa shape index (κ2) is 6.40. The summed E-state index contributed by atoms with van der Waals surface area (Å²) in [7, 11) is 0. The van der Waals surface area contributed by atoms with Crippen LogP contribution in [-0.2, 0) is 19.9 Å². The lowest BCUT2D eigenvalue weighted by Gasteiger charge is -2.37. The number of imide groups is 1. The number of anilines is 2. The van der Waals surface area contributed by atoms with Crippen molar-refractivity contribution in [2.75, 3.05) is 22.9 Å². The van der Waals surface area contributed by atoms with E-state index < -0.39 is 17.4 Å². The van der Waals surface area contributed by atoms with Gasteiger partial charge in [0.2, 0.25) is 11.8 Å². The monoisotopic (exact) mass is 435 g/mol. The van der Waals surface area contributed by atoms with Crippen molar-refractivity contribution in [1.29, 1.82) is 0 Å². The maximum Gasteiger partial charge on any atom is 0.253 e. The summed E-state index contributed by atoms with van der Waals surface area (Å²) in [6.45, 7) is 3.17. The number of benzene rings is 2. The van der Waals surface area contributed by atoms with Crippen LogP contribution < -0.4 is 9.80 Å². The van der Waals surface area contributed by atoms with E-state index in [1.807, 2.05) is 31.2 Å². The van der Waals surface area contributed by atoms with Crippen molar-refractivity contribution < 1.29 is 14.4 Å². The number of halogens is 1. The van der Waals surface area contributed by atoms with Crippen LogP contribution in [-0.4, -0.2) is 41.8 Å². The molecule has 4 atom stereocenters. The van der Waals surface area contributed by atoms with Crippen LogP contribution in [0.4, 0.5) is 11.4 Å². The van der Waals surface area contributed by atoms with Gasteiger partial charge in [-0.15, -0.1) is 0 Å². The lowest BCUT2D eigenvalue weighted by atomic mass is 9.75. The molecule has 3 fully saturated rings. The van der Waals surface area contributed by atoms with Gasteiger partial charge in [-0.1, -0.05) is 41.9 Å². The largest absolute Gasteiger partial charge is 0.310 e. The Balaban J connectivity index is 1.59. The van der Waals surface area contributed by atoms with Crippen molar-refractivity contribution in [1.82, 2.24) is 4.90 Å². The average molecular weight is 436 g/mol. The number of hydrogen-bond acceptors (Lipinski definition) is 4. The average Bonchev–Trinajstić information content (AvgIpc) is 3.47. The van der Waals surface area contributed by atoms with Gasteiger partial charge in [-0.25, -0.2) is 4.90 Å². The van der Waals surface area contributed by atoms with Gasteiger partial charge in [0.25, 0.3) is 5.91 Å². The van der Waals surface area contributed by atoms with Crippen molar-refractivity contribution in [2.24, 2.45) is 11.8 Å². The standard InChI is InChI=1S/C24H22ClN3O3/c1-2-26-16-10-5-3-8-14(16)24(23(26)31)20-19(18-12-7-13-27(18)24)21(29)28(22(20)30)17-11-6-4-9-15(17)25/h3-6,8-11,18-20H,2,7,12-13H2,1H3/t18-,19+,20-,24+/m0/s1. The minimum Gasteiger partial charge on any atom is -0.310 e. The lowest BCUT2D eigenvalue weighted by molar-refractivity contribution is -0.137. The number of rotatable bonds is 2. The third kappa shape index (κ3) is 2.10. The molecule has 6 rings (SSSR count). The SMILES string of the molecule is CCN1C(=O)[C@@]2(c3ccccc31)[C@@H]1C(=O)N(c3ccccc3Cl)C(=O)[C@@H]1[C@@H]1CCCN12. The molecule has 0 bridgehead atoms. The van der Waals surface area contributed by atoms with Gasteiger partial charge in [-0.3, -0.25) is 19.3 Å². The molecular weight excluding hydrogens is 414 g/mol. The van der Waals surface area contributed by atoms with Gasteiger partial charge in [0, 0.05) is 23.8 Å². The molecular formula is C24H22ClN3O3. The third-order valence-electron chi connectivity index (χ3n) is 7.55. The van der Waals surface area contributed by atoms with Gasteiger partial charge in [-0.2, -0.15) is 0 Å². The Labute approximate surface area is 185 Å². The number of likely N-dealkylation sites (N-methyl/N-ethyl adjacent to an activating group) is 1. The molecule has 4 aliphatic rings. The van der Waals surface area contributed by atoms with Gasteiger partial charge in [0.15, 0.2) is 0 Å². The van der Waals surface area contributed by atoms with Crippen LogP contribution >= 0.6 is 11.6 Å². The topological polar surface area (TPSA) is 60.9 Å². The molecule has 2 aromatic carbocycles. The van der Waals surface area contributed by atoms with Gasteiger partial charge < -0.3 is 4.90 Å². The summed E-state index contributed by atoms with van der Waals surface area (Å²) in [5.41, 5.74) is 0.974. The summed E-state index contributed by atoms with van der Waals surface area (Å²) >= 11 is 6.38. The molecule has 0 saturated carbocycles. The van der Waals surface area contributed by atoms with E-state index in [0.29, 0.717) is 23.8 Å². The minimum atomic E-state index is -1.12. The molecule has 4 heterocycles. The summed E-state index contributed by atoms with van der Waals surface area (Å²) in [5.74, 6) is -1.93. The second-order valence-corrected chi connectivity index (χ2v) is 9.11. The summed E-state index contributed by atoms with van der Waals surface area (Å²) in [5, 5.41) is 0.356.